The second-order valence-electron chi connectivity index (χ2n) is 6.46. The maximum atomic E-state index is 12.8. The number of aromatic nitrogens is 4. The van der Waals surface area contributed by atoms with Gasteiger partial charge in [-0.3, -0.25) is 0 Å². The number of hydrogen-bond acceptors (Lipinski definition) is 5. The largest absolute Gasteiger partial charge is 0.318 e. The van der Waals surface area contributed by atoms with Crippen LogP contribution in [0.3, 0.4) is 0 Å². The van der Waals surface area contributed by atoms with Crippen molar-refractivity contribution in [3.8, 4) is 0 Å². The molecule has 0 spiro atoms. The highest BCUT2D eigenvalue weighted by atomic mass is 32.2. The fourth-order valence-electron chi connectivity index (χ4n) is 3.11. The molecule has 0 saturated heterocycles. The summed E-state index contributed by atoms with van der Waals surface area (Å²) in [5.74, 6) is 1.45. The van der Waals surface area contributed by atoms with Crippen molar-refractivity contribution in [3.05, 3.63) is 29.5 Å². The summed E-state index contributed by atoms with van der Waals surface area (Å²) in [6.07, 6.45) is 7.26. The van der Waals surface area contributed by atoms with E-state index in [1.165, 1.54) is 6.20 Å². The summed E-state index contributed by atoms with van der Waals surface area (Å²) < 4.78 is 29.9. The molecule has 1 aliphatic heterocycles. The van der Waals surface area contributed by atoms with Crippen molar-refractivity contribution in [2.45, 2.75) is 62.9 Å². The van der Waals surface area contributed by atoms with Crippen molar-refractivity contribution in [2.24, 2.45) is 0 Å². The molecule has 128 valence electrons. The molecule has 0 atom stereocenters. The number of nitrogens with one attached hydrogen (secondary N) is 1. The standard InChI is InChI=1S/C16H21N5O2S/c1-2-12-9-13(11-6-7-11)19-16(18-12)20-24(22,23)15-10-17-14-5-3-4-8-21(14)15/h9-11H,2-8H2,1H3,(H,18,19,20). The van der Waals surface area contributed by atoms with Crippen molar-refractivity contribution in [2.75, 3.05) is 4.72 Å². The van der Waals surface area contributed by atoms with Crippen LogP contribution in [0.2, 0.25) is 0 Å². The van der Waals surface area contributed by atoms with Gasteiger partial charge in [0.05, 0.1) is 6.20 Å². The summed E-state index contributed by atoms with van der Waals surface area (Å²) in [6.45, 7) is 2.69. The van der Waals surface area contributed by atoms with E-state index in [2.05, 4.69) is 19.7 Å². The molecule has 1 aliphatic carbocycles. The van der Waals surface area contributed by atoms with E-state index >= 15 is 0 Å². The minimum absolute atomic E-state index is 0.169. The van der Waals surface area contributed by atoms with Crippen LogP contribution in [-0.4, -0.2) is 27.9 Å². The Bertz CT molecular complexity index is 871. The zero-order valence-electron chi connectivity index (χ0n) is 13.7. The number of nitrogens with zero attached hydrogens (tertiary/aromatic N) is 4. The zero-order chi connectivity index (χ0) is 16.7. The third kappa shape index (κ3) is 2.90. The monoisotopic (exact) mass is 347 g/mol. The molecule has 0 unspecified atom stereocenters. The number of anilines is 1. The SMILES string of the molecule is CCc1cc(C2CC2)nc(NS(=O)(=O)c2cnc3n2CCCC3)n1. The van der Waals surface area contributed by atoms with Crippen LogP contribution in [0.5, 0.6) is 0 Å². The fraction of sp³-hybridized carbons (Fsp3) is 0.562. The molecule has 1 N–H and O–H groups in total. The minimum atomic E-state index is -3.73. The predicted octanol–water partition coefficient (Wildman–Crippen LogP) is 2.25. The first-order chi connectivity index (χ1) is 11.6. The number of sulfonamides is 1. The van der Waals surface area contributed by atoms with E-state index in [0.717, 1.165) is 55.7 Å². The van der Waals surface area contributed by atoms with Gasteiger partial charge < -0.3 is 4.57 Å². The lowest BCUT2D eigenvalue weighted by molar-refractivity contribution is 0.488. The number of imidazole rings is 1. The van der Waals surface area contributed by atoms with Gasteiger partial charge in [0.1, 0.15) is 5.82 Å². The minimum Gasteiger partial charge on any atom is -0.318 e. The topological polar surface area (TPSA) is 89.8 Å². The molecule has 1 saturated carbocycles. The third-order valence-corrected chi connectivity index (χ3v) is 5.92. The lowest BCUT2D eigenvalue weighted by atomic mass is 10.2. The Hall–Kier alpha value is -1.96. The van der Waals surface area contributed by atoms with Gasteiger partial charge in [-0.2, -0.15) is 8.42 Å². The van der Waals surface area contributed by atoms with Gasteiger partial charge in [0.15, 0.2) is 5.03 Å². The van der Waals surface area contributed by atoms with Crippen molar-refractivity contribution < 1.29 is 8.42 Å². The Balaban J connectivity index is 1.66. The van der Waals surface area contributed by atoms with E-state index in [1.54, 1.807) is 4.57 Å². The lowest BCUT2D eigenvalue weighted by Gasteiger charge is -2.16. The number of hydrogen-bond donors (Lipinski definition) is 1. The molecule has 8 heteroatoms. The average molecular weight is 347 g/mol. The molecule has 4 rings (SSSR count). The Morgan fingerprint density at radius 3 is 2.88 bits per heavy atom. The summed E-state index contributed by atoms with van der Waals surface area (Å²) in [5.41, 5.74) is 1.80. The molecule has 0 radical (unpaired) electrons. The first-order valence-electron chi connectivity index (χ1n) is 8.52. The van der Waals surface area contributed by atoms with E-state index in [9.17, 15) is 8.42 Å². The van der Waals surface area contributed by atoms with Crippen molar-refractivity contribution in [1.82, 2.24) is 19.5 Å². The summed E-state index contributed by atoms with van der Waals surface area (Å²) >= 11 is 0. The Kier molecular flexibility index (Phi) is 3.79. The molecule has 1 fully saturated rings. The second kappa shape index (κ2) is 5.84. The van der Waals surface area contributed by atoms with Gasteiger partial charge in [-0.25, -0.2) is 19.7 Å². The van der Waals surface area contributed by atoms with E-state index in [-0.39, 0.29) is 11.0 Å². The summed E-state index contributed by atoms with van der Waals surface area (Å²) in [6, 6.07) is 1.98. The van der Waals surface area contributed by atoms with E-state index in [4.69, 9.17) is 0 Å². The van der Waals surface area contributed by atoms with E-state index in [1.807, 2.05) is 13.0 Å². The van der Waals surface area contributed by atoms with Crippen LogP contribution >= 0.6 is 0 Å². The lowest BCUT2D eigenvalue weighted by Crippen LogP contribution is -2.22. The predicted molar refractivity (Wildman–Crippen MR) is 89.4 cm³/mol. The Labute approximate surface area is 141 Å². The number of rotatable bonds is 5. The summed E-state index contributed by atoms with van der Waals surface area (Å²) in [4.78, 5) is 13.0. The molecule has 0 amide bonds. The van der Waals surface area contributed by atoms with Gasteiger partial charge in [-0.1, -0.05) is 6.92 Å². The van der Waals surface area contributed by atoms with Gasteiger partial charge >= 0.3 is 0 Å². The van der Waals surface area contributed by atoms with Gasteiger partial charge in [-0.15, -0.1) is 0 Å². The third-order valence-electron chi connectivity index (χ3n) is 4.59. The maximum Gasteiger partial charge on any atom is 0.281 e. The number of aryl methyl sites for hydroxylation is 2. The smallest absolute Gasteiger partial charge is 0.281 e. The Morgan fingerprint density at radius 2 is 2.12 bits per heavy atom. The van der Waals surface area contributed by atoms with Gasteiger partial charge in [-0.05, 0) is 38.2 Å². The van der Waals surface area contributed by atoms with Crippen LogP contribution < -0.4 is 4.72 Å². The van der Waals surface area contributed by atoms with Crippen LogP contribution in [0.25, 0.3) is 0 Å². The van der Waals surface area contributed by atoms with Crippen LogP contribution in [0.15, 0.2) is 17.3 Å². The highest BCUT2D eigenvalue weighted by Gasteiger charge is 2.28. The second-order valence-corrected chi connectivity index (χ2v) is 8.09. The van der Waals surface area contributed by atoms with E-state index in [0.29, 0.717) is 12.5 Å². The van der Waals surface area contributed by atoms with Crippen LogP contribution in [-0.2, 0) is 29.4 Å². The van der Waals surface area contributed by atoms with Crippen LogP contribution in [0, 0.1) is 0 Å². The van der Waals surface area contributed by atoms with Gasteiger partial charge in [0.25, 0.3) is 10.0 Å². The highest BCUT2D eigenvalue weighted by Crippen LogP contribution is 2.39. The molecule has 2 aromatic rings. The maximum absolute atomic E-state index is 12.8. The number of fused-ring (bicyclic) bond motifs is 1. The quantitative estimate of drug-likeness (QED) is 0.896. The molecule has 7 nitrogen and oxygen atoms in total. The molecular formula is C16H21N5O2S. The van der Waals surface area contributed by atoms with Crippen molar-refractivity contribution in [1.29, 1.82) is 0 Å². The first-order valence-corrected chi connectivity index (χ1v) is 10.00. The Morgan fingerprint density at radius 1 is 1.29 bits per heavy atom. The molecule has 2 aromatic heterocycles. The molecule has 0 aromatic carbocycles. The zero-order valence-corrected chi connectivity index (χ0v) is 14.5. The molecule has 0 bridgehead atoms. The summed E-state index contributed by atoms with van der Waals surface area (Å²) in [7, 11) is -3.73. The first kappa shape index (κ1) is 15.6. The van der Waals surface area contributed by atoms with E-state index < -0.39 is 10.0 Å². The van der Waals surface area contributed by atoms with Crippen LogP contribution in [0.1, 0.15) is 55.7 Å². The fourth-order valence-corrected chi connectivity index (χ4v) is 4.22. The average Bonchev–Trinajstić information content (AvgIpc) is 3.32. The molecule has 2 aliphatic rings. The van der Waals surface area contributed by atoms with Gasteiger partial charge in [0.2, 0.25) is 5.95 Å². The molecule has 24 heavy (non-hydrogen) atoms. The summed E-state index contributed by atoms with van der Waals surface area (Å²) in [5, 5.41) is 0.204. The van der Waals surface area contributed by atoms with Crippen LogP contribution in [0.4, 0.5) is 5.95 Å². The van der Waals surface area contributed by atoms with Crippen molar-refractivity contribution in [3.63, 3.8) is 0 Å². The molecule has 3 heterocycles. The van der Waals surface area contributed by atoms with Gasteiger partial charge in [0, 0.05) is 30.3 Å². The normalized spacial score (nSPS) is 17.5. The van der Waals surface area contributed by atoms with Crippen molar-refractivity contribution >= 4 is 16.0 Å². The highest BCUT2D eigenvalue weighted by molar-refractivity contribution is 7.92. The molecular weight excluding hydrogens is 326 g/mol.